The highest BCUT2D eigenvalue weighted by molar-refractivity contribution is 7.99. The molecule has 0 amide bonds. The minimum atomic E-state index is 0.590. The minimum absolute atomic E-state index is 0.590. The van der Waals surface area contributed by atoms with E-state index in [4.69, 9.17) is 0 Å². The molecule has 1 saturated carbocycles. The van der Waals surface area contributed by atoms with Gasteiger partial charge in [-0.2, -0.15) is 0 Å². The Bertz CT molecular complexity index is 441. The van der Waals surface area contributed by atoms with E-state index >= 15 is 0 Å². The molecule has 3 nitrogen and oxygen atoms in total. The molecule has 4 heteroatoms. The van der Waals surface area contributed by atoms with Crippen molar-refractivity contribution in [2.45, 2.75) is 70.3 Å². The summed E-state index contributed by atoms with van der Waals surface area (Å²) in [6, 6.07) is 2.64. The summed E-state index contributed by atoms with van der Waals surface area (Å²) in [4.78, 5) is 9.23. The largest absolute Gasteiger partial charge is 0.313 e. The number of hydrogen-bond acceptors (Lipinski definition) is 4. The van der Waals surface area contributed by atoms with Crippen molar-refractivity contribution in [1.82, 2.24) is 15.3 Å². The Labute approximate surface area is 133 Å². The molecule has 1 heterocycles. The van der Waals surface area contributed by atoms with Gasteiger partial charge in [0, 0.05) is 22.7 Å². The Morgan fingerprint density at radius 2 is 1.90 bits per heavy atom. The van der Waals surface area contributed by atoms with Crippen LogP contribution in [-0.4, -0.2) is 27.8 Å². The molecule has 1 fully saturated rings. The van der Waals surface area contributed by atoms with E-state index in [1.807, 2.05) is 17.8 Å². The van der Waals surface area contributed by atoms with Crippen LogP contribution in [0.25, 0.3) is 0 Å². The van der Waals surface area contributed by atoms with Crippen molar-refractivity contribution in [1.29, 1.82) is 0 Å². The van der Waals surface area contributed by atoms with Crippen molar-refractivity contribution < 1.29 is 0 Å². The Morgan fingerprint density at radius 1 is 1.24 bits per heavy atom. The molecular weight excluding hydrogens is 278 g/mol. The highest BCUT2D eigenvalue weighted by Gasteiger charge is 2.32. The molecular formula is C17H29N3S. The van der Waals surface area contributed by atoms with Crippen LogP contribution in [-0.2, 0) is 0 Å². The fourth-order valence-electron chi connectivity index (χ4n) is 3.27. The Balaban J connectivity index is 2.11. The van der Waals surface area contributed by atoms with Gasteiger partial charge in [0.05, 0.1) is 0 Å². The van der Waals surface area contributed by atoms with Gasteiger partial charge in [-0.1, -0.05) is 32.5 Å². The summed E-state index contributed by atoms with van der Waals surface area (Å²) in [5.74, 6) is 1.61. The van der Waals surface area contributed by atoms with Crippen molar-refractivity contribution in [2.75, 3.05) is 6.54 Å². The van der Waals surface area contributed by atoms with Gasteiger partial charge in [-0.15, -0.1) is 0 Å². The Kier molecular flexibility index (Phi) is 6.06. The monoisotopic (exact) mass is 307 g/mol. The summed E-state index contributed by atoms with van der Waals surface area (Å²) in [6.45, 7) is 12.1. The molecule has 0 bridgehead atoms. The number of rotatable bonds is 5. The van der Waals surface area contributed by atoms with E-state index in [1.54, 1.807) is 0 Å². The van der Waals surface area contributed by atoms with Crippen molar-refractivity contribution >= 4 is 11.8 Å². The summed E-state index contributed by atoms with van der Waals surface area (Å²) in [6.07, 6.45) is 3.90. The second kappa shape index (κ2) is 7.59. The predicted molar refractivity (Wildman–Crippen MR) is 90.8 cm³/mol. The van der Waals surface area contributed by atoms with Crippen LogP contribution < -0.4 is 5.32 Å². The van der Waals surface area contributed by atoms with Gasteiger partial charge < -0.3 is 5.32 Å². The smallest absolute Gasteiger partial charge is 0.188 e. The normalized spacial score (nSPS) is 26.3. The molecule has 0 saturated heterocycles. The molecule has 0 radical (unpaired) electrons. The summed E-state index contributed by atoms with van der Waals surface area (Å²) < 4.78 is 0. The molecule has 2 rings (SSSR count). The van der Waals surface area contributed by atoms with Crippen LogP contribution in [0.5, 0.6) is 0 Å². The predicted octanol–water partition coefficient (Wildman–Crippen LogP) is 3.99. The maximum absolute atomic E-state index is 4.62. The zero-order valence-corrected chi connectivity index (χ0v) is 14.8. The lowest BCUT2D eigenvalue weighted by molar-refractivity contribution is 0.247. The summed E-state index contributed by atoms with van der Waals surface area (Å²) in [7, 11) is 0. The van der Waals surface area contributed by atoms with Crippen LogP contribution >= 0.6 is 11.8 Å². The third-order valence-corrected chi connectivity index (χ3v) is 5.68. The van der Waals surface area contributed by atoms with Crippen LogP contribution in [0.4, 0.5) is 0 Å². The first kappa shape index (κ1) is 16.8. The summed E-state index contributed by atoms with van der Waals surface area (Å²) in [5, 5.41) is 5.21. The van der Waals surface area contributed by atoms with E-state index in [0.717, 1.165) is 34.9 Å². The third kappa shape index (κ3) is 4.68. The molecule has 1 aromatic heterocycles. The molecule has 1 aliphatic rings. The second-order valence-electron chi connectivity index (χ2n) is 6.57. The lowest BCUT2D eigenvalue weighted by atomic mass is 9.79. The van der Waals surface area contributed by atoms with Crippen LogP contribution in [0.2, 0.25) is 0 Å². The number of thioether (sulfide) groups is 1. The van der Waals surface area contributed by atoms with E-state index in [-0.39, 0.29) is 0 Å². The van der Waals surface area contributed by atoms with Gasteiger partial charge in [0.2, 0.25) is 0 Å². The average Bonchev–Trinajstić information content (AvgIpc) is 2.39. The van der Waals surface area contributed by atoms with Crippen molar-refractivity contribution in [3.05, 3.63) is 17.5 Å². The first-order chi connectivity index (χ1) is 9.99. The van der Waals surface area contributed by atoms with Gasteiger partial charge in [-0.3, -0.25) is 0 Å². The van der Waals surface area contributed by atoms with E-state index in [2.05, 4.69) is 49.9 Å². The minimum Gasteiger partial charge on any atom is -0.313 e. The Morgan fingerprint density at radius 3 is 2.48 bits per heavy atom. The van der Waals surface area contributed by atoms with Crippen LogP contribution in [0, 0.1) is 25.7 Å². The van der Waals surface area contributed by atoms with E-state index in [9.17, 15) is 0 Å². The number of hydrogen-bond donors (Lipinski definition) is 1. The van der Waals surface area contributed by atoms with E-state index in [0.29, 0.717) is 11.3 Å². The van der Waals surface area contributed by atoms with Gasteiger partial charge in [0.25, 0.3) is 0 Å². The molecule has 0 spiro atoms. The molecule has 3 unspecified atom stereocenters. The lowest BCUT2D eigenvalue weighted by Crippen LogP contribution is -2.43. The fraction of sp³-hybridized carbons (Fsp3) is 0.765. The van der Waals surface area contributed by atoms with Crippen LogP contribution in [0.3, 0.4) is 0 Å². The fourth-order valence-corrected chi connectivity index (χ4v) is 4.68. The zero-order valence-electron chi connectivity index (χ0n) is 14.0. The van der Waals surface area contributed by atoms with E-state index in [1.165, 1.54) is 19.3 Å². The SMILES string of the molecule is CCNC1CCC(C(C)C)CC1Sc1nc(C)cc(C)n1. The topological polar surface area (TPSA) is 37.8 Å². The molecule has 1 aliphatic carbocycles. The van der Waals surface area contributed by atoms with Crippen molar-refractivity contribution in [2.24, 2.45) is 11.8 Å². The summed E-state index contributed by atoms with van der Waals surface area (Å²) >= 11 is 1.88. The van der Waals surface area contributed by atoms with Gasteiger partial charge in [0.15, 0.2) is 5.16 Å². The lowest BCUT2D eigenvalue weighted by Gasteiger charge is -2.37. The number of nitrogens with one attached hydrogen (secondary N) is 1. The molecule has 3 atom stereocenters. The highest BCUT2D eigenvalue weighted by atomic mass is 32.2. The van der Waals surface area contributed by atoms with Gasteiger partial charge in [-0.05, 0) is 57.6 Å². The van der Waals surface area contributed by atoms with Gasteiger partial charge in [0.1, 0.15) is 0 Å². The van der Waals surface area contributed by atoms with Gasteiger partial charge in [-0.25, -0.2) is 9.97 Å². The molecule has 1 aromatic rings. The quantitative estimate of drug-likeness (QED) is 0.835. The zero-order chi connectivity index (χ0) is 15.4. The summed E-state index contributed by atoms with van der Waals surface area (Å²) in [5.41, 5.74) is 2.14. The molecule has 0 aliphatic heterocycles. The maximum Gasteiger partial charge on any atom is 0.188 e. The number of aryl methyl sites for hydroxylation is 2. The standard InChI is InChI=1S/C17H29N3S/c1-6-18-15-8-7-14(11(2)3)10-16(15)21-17-19-12(4)9-13(5)20-17/h9,11,14-16,18H,6-8,10H2,1-5H3. The average molecular weight is 308 g/mol. The Hall–Kier alpha value is -0.610. The first-order valence-corrected chi connectivity index (χ1v) is 9.09. The molecule has 21 heavy (non-hydrogen) atoms. The van der Waals surface area contributed by atoms with Gasteiger partial charge >= 0.3 is 0 Å². The number of nitrogens with zero attached hydrogens (tertiary/aromatic N) is 2. The number of aromatic nitrogens is 2. The highest BCUT2D eigenvalue weighted by Crippen LogP contribution is 2.38. The first-order valence-electron chi connectivity index (χ1n) is 8.22. The molecule has 118 valence electrons. The van der Waals surface area contributed by atoms with Crippen LogP contribution in [0.15, 0.2) is 11.2 Å². The molecule has 0 aromatic carbocycles. The van der Waals surface area contributed by atoms with Crippen molar-refractivity contribution in [3.63, 3.8) is 0 Å². The second-order valence-corrected chi connectivity index (χ2v) is 7.78. The van der Waals surface area contributed by atoms with E-state index < -0.39 is 0 Å². The third-order valence-electron chi connectivity index (χ3n) is 4.46. The molecule has 1 N–H and O–H groups in total. The maximum atomic E-state index is 4.62. The van der Waals surface area contributed by atoms with Crippen molar-refractivity contribution in [3.8, 4) is 0 Å². The van der Waals surface area contributed by atoms with Crippen LogP contribution in [0.1, 0.15) is 51.4 Å².